The van der Waals surface area contributed by atoms with E-state index in [0.717, 1.165) is 11.1 Å². The molecule has 0 aromatic heterocycles. The lowest BCUT2D eigenvalue weighted by Gasteiger charge is -2.15. The van der Waals surface area contributed by atoms with E-state index in [-0.39, 0.29) is 22.8 Å². The van der Waals surface area contributed by atoms with Crippen molar-refractivity contribution in [3.63, 3.8) is 0 Å². The van der Waals surface area contributed by atoms with Gasteiger partial charge in [0.25, 0.3) is 0 Å². The molecule has 1 amide bonds. The monoisotopic (exact) mass is 483 g/mol. The van der Waals surface area contributed by atoms with Crippen LogP contribution in [0.5, 0.6) is 0 Å². The van der Waals surface area contributed by atoms with Crippen LogP contribution in [-0.4, -0.2) is 52.9 Å². The van der Waals surface area contributed by atoms with Crippen molar-refractivity contribution in [1.82, 2.24) is 14.8 Å². The predicted octanol–water partition coefficient (Wildman–Crippen LogP) is 0.520. The van der Waals surface area contributed by atoms with E-state index in [2.05, 4.69) is 14.8 Å². The standard InChI is InChI=1S/C20H25N3O7S2/c1-14-3-7-16(8-4-14)31(27,28)22-13-19(24)21-12-11-18(20(25)26)23-32(29,30)17-9-5-15(2)6-10-17/h3-10,18,22-23H,11-13H2,1-2H3,(H,21,24)(H,25,26)/t18-/m1/s1. The molecule has 2 aromatic rings. The second-order valence-electron chi connectivity index (χ2n) is 7.10. The maximum absolute atomic E-state index is 12.4. The Labute approximate surface area is 187 Å². The zero-order valence-electron chi connectivity index (χ0n) is 17.5. The summed E-state index contributed by atoms with van der Waals surface area (Å²) in [6.07, 6.45) is -0.239. The molecule has 2 rings (SSSR count). The van der Waals surface area contributed by atoms with Gasteiger partial charge in [-0.3, -0.25) is 9.59 Å². The van der Waals surface area contributed by atoms with Gasteiger partial charge in [0.1, 0.15) is 6.04 Å². The third-order valence-electron chi connectivity index (χ3n) is 4.44. The molecule has 0 radical (unpaired) electrons. The van der Waals surface area contributed by atoms with Gasteiger partial charge in [-0.15, -0.1) is 0 Å². The Morgan fingerprint density at radius 1 is 0.844 bits per heavy atom. The number of aryl methyl sites for hydroxylation is 2. The first-order valence-electron chi connectivity index (χ1n) is 9.55. The highest BCUT2D eigenvalue weighted by Gasteiger charge is 2.25. The molecule has 0 saturated carbocycles. The van der Waals surface area contributed by atoms with Crippen LogP contribution in [0.2, 0.25) is 0 Å². The van der Waals surface area contributed by atoms with Crippen molar-refractivity contribution < 1.29 is 31.5 Å². The molecule has 0 fully saturated rings. The Balaban J connectivity index is 1.88. The second-order valence-corrected chi connectivity index (χ2v) is 10.6. The van der Waals surface area contributed by atoms with Crippen molar-refractivity contribution >= 4 is 31.9 Å². The Hall–Kier alpha value is -2.80. The normalized spacial score (nSPS) is 12.8. The first-order valence-corrected chi connectivity index (χ1v) is 12.5. The van der Waals surface area contributed by atoms with Crippen molar-refractivity contribution in [3.8, 4) is 0 Å². The molecule has 4 N–H and O–H groups in total. The summed E-state index contributed by atoms with van der Waals surface area (Å²) >= 11 is 0. The van der Waals surface area contributed by atoms with E-state index < -0.39 is 44.5 Å². The molecule has 0 saturated heterocycles. The van der Waals surface area contributed by atoms with E-state index in [4.69, 9.17) is 0 Å². The topological polar surface area (TPSA) is 159 Å². The number of hydrogen-bond acceptors (Lipinski definition) is 6. The van der Waals surface area contributed by atoms with Gasteiger partial charge in [-0.2, -0.15) is 4.72 Å². The number of carbonyl (C=O) groups excluding carboxylic acids is 1. The van der Waals surface area contributed by atoms with Gasteiger partial charge in [0.05, 0.1) is 16.3 Å². The number of hydrogen-bond donors (Lipinski definition) is 4. The zero-order chi connectivity index (χ0) is 23.9. The van der Waals surface area contributed by atoms with E-state index in [1.54, 1.807) is 31.2 Å². The molecule has 1 atom stereocenters. The van der Waals surface area contributed by atoms with Crippen LogP contribution < -0.4 is 14.8 Å². The number of carboxylic acid groups (broad SMARTS) is 1. The molecule has 0 heterocycles. The Morgan fingerprint density at radius 3 is 1.78 bits per heavy atom. The number of aliphatic carboxylic acids is 1. The highest BCUT2D eigenvalue weighted by molar-refractivity contribution is 7.89. The third-order valence-corrected chi connectivity index (χ3v) is 7.34. The average molecular weight is 484 g/mol. The molecular formula is C20H25N3O7S2. The minimum absolute atomic E-state index is 0.00681. The summed E-state index contributed by atoms with van der Waals surface area (Å²) in [5, 5.41) is 11.7. The summed E-state index contributed by atoms with van der Waals surface area (Å²) in [6.45, 7) is 2.86. The van der Waals surface area contributed by atoms with E-state index >= 15 is 0 Å². The molecule has 2 aromatic carbocycles. The SMILES string of the molecule is Cc1ccc(S(=O)(=O)NCC(=O)NCC[C@@H](NS(=O)(=O)c2ccc(C)cc2)C(=O)O)cc1. The van der Waals surface area contributed by atoms with Crippen LogP contribution in [0.1, 0.15) is 17.5 Å². The minimum Gasteiger partial charge on any atom is -0.480 e. The average Bonchev–Trinajstić information content (AvgIpc) is 2.72. The van der Waals surface area contributed by atoms with Gasteiger partial charge in [-0.1, -0.05) is 35.4 Å². The lowest BCUT2D eigenvalue weighted by molar-refractivity contribution is -0.139. The van der Waals surface area contributed by atoms with Crippen LogP contribution >= 0.6 is 0 Å². The maximum atomic E-state index is 12.4. The van der Waals surface area contributed by atoms with Crippen molar-refractivity contribution in [2.45, 2.75) is 36.1 Å². The summed E-state index contributed by atoms with van der Waals surface area (Å²) in [6, 6.07) is 10.5. The Kier molecular flexibility index (Phi) is 8.50. The van der Waals surface area contributed by atoms with Gasteiger partial charge >= 0.3 is 5.97 Å². The molecule has 12 heteroatoms. The number of nitrogens with one attached hydrogen (secondary N) is 3. The molecule has 10 nitrogen and oxygen atoms in total. The predicted molar refractivity (Wildman–Crippen MR) is 117 cm³/mol. The summed E-state index contributed by atoms with van der Waals surface area (Å²) in [7, 11) is -7.95. The molecule has 0 aliphatic rings. The van der Waals surface area contributed by atoms with Gasteiger partial charge in [0.2, 0.25) is 26.0 Å². The van der Waals surface area contributed by atoms with E-state index in [1.807, 2.05) is 6.92 Å². The van der Waals surface area contributed by atoms with E-state index in [9.17, 15) is 31.5 Å². The van der Waals surface area contributed by atoms with Crippen molar-refractivity contribution in [3.05, 3.63) is 59.7 Å². The molecule has 0 bridgehead atoms. The first-order chi connectivity index (χ1) is 14.9. The van der Waals surface area contributed by atoms with Crippen molar-refractivity contribution in [2.75, 3.05) is 13.1 Å². The largest absolute Gasteiger partial charge is 0.480 e. The van der Waals surface area contributed by atoms with Crippen LogP contribution in [0.3, 0.4) is 0 Å². The Morgan fingerprint density at radius 2 is 1.31 bits per heavy atom. The van der Waals surface area contributed by atoms with Crippen LogP contribution in [0.4, 0.5) is 0 Å². The van der Waals surface area contributed by atoms with Gasteiger partial charge in [0, 0.05) is 6.54 Å². The fourth-order valence-corrected chi connectivity index (χ4v) is 4.79. The molecular weight excluding hydrogens is 458 g/mol. The maximum Gasteiger partial charge on any atom is 0.321 e. The second kappa shape index (κ2) is 10.7. The highest BCUT2D eigenvalue weighted by Crippen LogP contribution is 2.11. The van der Waals surface area contributed by atoms with Crippen LogP contribution in [0.25, 0.3) is 0 Å². The molecule has 0 aliphatic heterocycles. The van der Waals surface area contributed by atoms with Crippen LogP contribution in [-0.2, 0) is 29.6 Å². The fraction of sp³-hybridized carbons (Fsp3) is 0.300. The molecule has 0 aliphatic carbocycles. The Bertz CT molecular complexity index is 1160. The molecule has 32 heavy (non-hydrogen) atoms. The quantitative estimate of drug-likeness (QED) is 0.363. The highest BCUT2D eigenvalue weighted by atomic mass is 32.2. The summed E-state index contributed by atoms with van der Waals surface area (Å²) in [4.78, 5) is 23.3. The lowest BCUT2D eigenvalue weighted by atomic mass is 10.2. The van der Waals surface area contributed by atoms with Crippen LogP contribution in [0, 0.1) is 13.8 Å². The number of sulfonamides is 2. The molecule has 174 valence electrons. The summed E-state index contributed by atoms with van der Waals surface area (Å²) < 4.78 is 53.4. The molecule has 0 spiro atoms. The van der Waals surface area contributed by atoms with E-state index in [0.29, 0.717) is 0 Å². The lowest BCUT2D eigenvalue weighted by Crippen LogP contribution is -2.44. The summed E-state index contributed by atoms with van der Waals surface area (Å²) in [5.41, 5.74) is 1.73. The smallest absolute Gasteiger partial charge is 0.321 e. The van der Waals surface area contributed by atoms with Crippen molar-refractivity contribution in [1.29, 1.82) is 0 Å². The number of benzene rings is 2. The van der Waals surface area contributed by atoms with Gasteiger partial charge < -0.3 is 10.4 Å². The third kappa shape index (κ3) is 7.41. The number of carboxylic acids is 1. The minimum atomic E-state index is -4.07. The number of amides is 1. The van der Waals surface area contributed by atoms with E-state index in [1.165, 1.54) is 24.3 Å². The first kappa shape index (κ1) is 25.5. The number of carbonyl (C=O) groups is 2. The number of rotatable bonds is 11. The summed E-state index contributed by atoms with van der Waals surface area (Å²) in [5.74, 6) is -2.10. The van der Waals surface area contributed by atoms with Crippen LogP contribution in [0.15, 0.2) is 58.3 Å². The molecule has 0 unspecified atom stereocenters. The van der Waals surface area contributed by atoms with Gasteiger partial charge in [-0.25, -0.2) is 21.6 Å². The van der Waals surface area contributed by atoms with Gasteiger partial charge in [-0.05, 0) is 44.5 Å². The van der Waals surface area contributed by atoms with Crippen molar-refractivity contribution in [2.24, 2.45) is 0 Å². The van der Waals surface area contributed by atoms with Gasteiger partial charge in [0.15, 0.2) is 0 Å². The zero-order valence-corrected chi connectivity index (χ0v) is 19.2. The fourth-order valence-electron chi connectivity index (χ4n) is 2.59.